The maximum absolute atomic E-state index is 11.5. The lowest BCUT2D eigenvalue weighted by Crippen LogP contribution is -2.29. The fourth-order valence-electron chi connectivity index (χ4n) is 4.02. The second kappa shape index (κ2) is 5.21. The van der Waals surface area contributed by atoms with Crippen LogP contribution < -0.4 is 5.73 Å². The highest BCUT2D eigenvalue weighted by Gasteiger charge is 2.57. The van der Waals surface area contributed by atoms with Crippen molar-refractivity contribution in [3.8, 4) is 11.3 Å². The van der Waals surface area contributed by atoms with E-state index in [0.29, 0.717) is 23.7 Å². The molecule has 2 aliphatic carbocycles. The lowest BCUT2D eigenvalue weighted by molar-refractivity contribution is -0.128. The van der Waals surface area contributed by atoms with Gasteiger partial charge in [-0.25, -0.2) is 19.9 Å². The Kier molecular flexibility index (Phi) is 3.07. The third-order valence-electron chi connectivity index (χ3n) is 5.65. The maximum atomic E-state index is 11.5. The number of fused-ring (bicyclic) bond motifs is 1. The van der Waals surface area contributed by atoms with E-state index < -0.39 is 0 Å². The maximum Gasteiger partial charge on any atom is 0.219 e. The summed E-state index contributed by atoms with van der Waals surface area (Å²) in [6.07, 6.45) is 5.76. The van der Waals surface area contributed by atoms with Gasteiger partial charge in [-0.15, -0.1) is 0 Å². The molecule has 1 saturated heterocycles. The van der Waals surface area contributed by atoms with Crippen molar-refractivity contribution in [2.75, 3.05) is 18.8 Å². The Labute approximate surface area is 145 Å². The van der Waals surface area contributed by atoms with Crippen molar-refractivity contribution in [3.05, 3.63) is 30.0 Å². The summed E-state index contributed by atoms with van der Waals surface area (Å²) in [4.78, 5) is 31.3. The number of carbonyl (C=O) groups is 1. The van der Waals surface area contributed by atoms with Crippen LogP contribution in [0.4, 0.5) is 5.95 Å². The van der Waals surface area contributed by atoms with Gasteiger partial charge < -0.3 is 10.6 Å². The highest BCUT2D eigenvalue weighted by atomic mass is 16.2. The standard InChI is InChI=1S/C18H20N6O/c1-9(25)24-7-12-13(8-24)16(12)15-4-14(11-5-20-18(19)21-6-11)22-17(23-15)10-2-3-10/h4-6,10,12-13,16H,2-3,7-8H2,1H3,(H2,19,20,21). The van der Waals surface area contributed by atoms with E-state index in [1.807, 2.05) is 4.90 Å². The summed E-state index contributed by atoms with van der Waals surface area (Å²) in [7, 11) is 0. The number of hydrogen-bond acceptors (Lipinski definition) is 6. The number of piperidine rings is 1. The molecule has 2 unspecified atom stereocenters. The van der Waals surface area contributed by atoms with Crippen molar-refractivity contribution >= 4 is 11.9 Å². The fourth-order valence-corrected chi connectivity index (χ4v) is 4.02. The molecule has 128 valence electrons. The molecule has 3 fully saturated rings. The normalized spacial score (nSPS) is 27.2. The lowest BCUT2D eigenvalue weighted by Gasteiger charge is -2.18. The third-order valence-corrected chi connectivity index (χ3v) is 5.65. The van der Waals surface area contributed by atoms with Crippen LogP contribution in [0.5, 0.6) is 0 Å². The monoisotopic (exact) mass is 336 g/mol. The zero-order valence-electron chi connectivity index (χ0n) is 14.1. The number of nitrogen functional groups attached to an aromatic ring is 1. The molecule has 7 heteroatoms. The molecule has 2 saturated carbocycles. The summed E-state index contributed by atoms with van der Waals surface area (Å²) < 4.78 is 0. The molecule has 7 nitrogen and oxygen atoms in total. The van der Waals surface area contributed by atoms with Crippen molar-refractivity contribution in [2.24, 2.45) is 11.8 Å². The number of aromatic nitrogens is 4. The van der Waals surface area contributed by atoms with Crippen LogP contribution in [0, 0.1) is 11.8 Å². The Balaban J connectivity index is 1.47. The fraction of sp³-hybridized carbons (Fsp3) is 0.500. The molecule has 2 aromatic heterocycles. The SMILES string of the molecule is CC(=O)N1CC2C(C1)C2c1cc(-c2cnc(N)nc2)nc(C2CC2)n1. The van der Waals surface area contributed by atoms with E-state index in [1.165, 1.54) is 0 Å². The molecule has 0 radical (unpaired) electrons. The number of nitrogens with zero attached hydrogens (tertiary/aromatic N) is 5. The number of nitrogens with two attached hydrogens (primary N) is 1. The van der Waals surface area contributed by atoms with E-state index in [2.05, 4.69) is 16.0 Å². The first-order valence-electron chi connectivity index (χ1n) is 8.82. The number of amides is 1. The molecule has 3 heterocycles. The van der Waals surface area contributed by atoms with Crippen molar-refractivity contribution in [1.29, 1.82) is 0 Å². The van der Waals surface area contributed by atoms with E-state index in [-0.39, 0.29) is 11.9 Å². The number of anilines is 1. The lowest BCUT2D eigenvalue weighted by atomic mass is 10.1. The van der Waals surface area contributed by atoms with Crippen LogP contribution in [0.1, 0.15) is 43.1 Å². The summed E-state index contributed by atoms with van der Waals surface area (Å²) in [5.41, 5.74) is 8.45. The third kappa shape index (κ3) is 2.54. The van der Waals surface area contributed by atoms with Crippen LogP contribution in [-0.2, 0) is 4.79 Å². The van der Waals surface area contributed by atoms with E-state index in [0.717, 1.165) is 48.7 Å². The highest BCUT2D eigenvalue weighted by molar-refractivity contribution is 5.74. The van der Waals surface area contributed by atoms with Crippen molar-refractivity contribution in [1.82, 2.24) is 24.8 Å². The summed E-state index contributed by atoms with van der Waals surface area (Å²) in [6, 6.07) is 2.07. The molecule has 1 aliphatic heterocycles. The summed E-state index contributed by atoms with van der Waals surface area (Å²) in [5, 5.41) is 0. The van der Waals surface area contributed by atoms with Gasteiger partial charge in [0.15, 0.2) is 0 Å². The van der Waals surface area contributed by atoms with E-state index >= 15 is 0 Å². The Morgan fingerprint density at radius 1 is 1.16 bits per heavy atom. The molecule has 1 amide bonds. The van der Waals surface area contributed by atoms with Crippen LogP contribution in [0.3, 0.4) is 0 Å². The van der Waals surface area contributed by atoms with Crippen molar-refractivity contribution < 1.29 is 4.79 Å². The second-order valence-electron chi connectivity index (χ2n) is 7.42. The molecular formula is C18H20N6O. The van der Waals surface area contributed by atoms with Gasteiger partial charge in [-0.1, -0.05) is 0 Å². The predicted octanol–water partition coefficient (Wildman–Crippen LogP) is 1.58. The summed E-state index contributed by atoms with van der Waals surface area (Å²) >= 11 is 0. The van der Waals surface area contributed by atoms with Gasteiger partial charge in [-0.05, 0) is 30.7 Å². The van der Waals surface area contributed by atoms with Gasteiger partial charge in [0.25, 0.3) is 0 Å². The van der Waals surface area contributed by atoms with Gasteiger partial charge in [-0.3, -0.25) is 4.79 Å². The highest BCUT2D eigenvalue weighted by Crippen LogP contribution is 2.58. The molecule has 2 N–H and O–H groups in total. The molecule has 3 aliphatic rings. The summed E-state index contributed by atoms with van der Waals surface area (Å²) in [5.74, 6) is 3.40. The van der Waals surface area contributed by atoms with Crippen molar-refractivity contribution in [2.45, 2.75) is 31.6 Å². The largest absolute Gasteiger partial charge is 0.368 e. The first-order valence-corrected chi connectivity index (χ1v) is 8.82. The number of carbonyl (C=O) groups excluding carboxylic acids is 1. The number of hydrogen-bond donors (Lipinski definition) is 1. The minimum absolute atomic E-state index is 0.173. The van der Waals surface area contributed by atoms with Crippen LogP contribution in [0.2, 0.25) is 0 Å². The Morgan fingerprint density at radius 3 is 2.44 bits per heavy atom. The van der Waals surface area contributed by atoms with Gasteiger partial charge in [0, 0.05) is 55.5 Å². The Morgan fingerprint density at radius 2 is 1.84 bits per heavy atom. The topological polar surface area (TPSA) is 97.9 Å². The van der Waals surface area contributed by atoms with Gasteiger partial charge >= 0.3 is 0 Å². The number of likely N-dealkylation sites (tertiary alicyclic amines) is 1. The first kappa shape index (κ1) is 14.7. The average Bonchev–Trinajstić information content (AvgIpc) is 3.52. The Hall–Kier alpha value is -2.57. The zero-order chi connectivity index (χ0) is 17.1. The molecule has 5 rings (SSSR count). The van der Waals surface area contributed by atoms with Crippen molar-refractivity contribution in [3.63, 3.8) is 0 Å². The van der Waals surface area contributed by atoms with E-state index in [9.17, 15) is 4.79 Å². The molecule has 0 spiro atoms. The second-order valence-corrected chi connectivity index (χ2v) is 7.42. The van der Waals surface area contributed by atoms with Crippen LogP contribution in [-0.4, -0.2) is 43.8 Å². The minimum Gasteiger partial charge on any atom is -0.368 e. The average molecular weight is 336 g/mol. The molecule has 2 atom stereocenters. The van der Waals surface area contributed by atoms with Gasteiger partial charge in [0.2, 0.25) is 11.9 Å². The van der Waals surface area contributed by atoms with E-state index in [4.69, 9.17) is 15.7 Å². The molecule has 2 aromatic rings. The predicted molar refractivity (Wildman–Crippen MR) is 91.4 cm³/mol. The molecule has 25 heavy (non-hydrogen) atoms. The summed E-state index contributed by atoms with van der Waals surface area (Å²) in [6.45, 7) is 3.36. The van der Waals surface area contributed by atoms with E-state index in [1.54, 1.807) is 19.3 Å². The Bertz CT molecular complexity index is 835. The first-order chi connectivity index (χ1) is 12.1. The number of rotatable bonds is 3. The quantitative estimate of drug-likeness (QED) is 0.914. The van der Waals surface area contributed by atoms with Gasteiger partial charge in [-0.2, -0.15) is 0 Å². The van der Waals surface area contributed by atoms with Gasteiger partial charge in [0.1, 0.15) is 5.82 Å². The van der Waals surface area contributed by atoms with Crippen LogP contribution in [0.25, 0.3) is 11.3 Å². The molecule has 0 aromatic carbocycles. The zero-order valence-corrected chi connectivity index (χ0v) is 14.1. The smallest absolute Gasteiger partial charge is 0.219 e. The van der Waals surface area contributed by atoms with Crippen LogP contribution >= 0.6 is 0 Å². The minimum atomic E-state index is 0.173. The molecular weight excluding hydrogens is 316 g/mol. The molecule has 0 bridgehead atoms. The van der Waals surface area contributed by atoms with Crippen LogP contribution in [0.15, 0.2) is 18.5 Å². The van der Waals surface area contributed by atoms with Gasteiger partial charge in [0.05, 0.1) is 5.69 Å².